The Balaban J connectivity index is 2.32. The van der Waals surface area contributed by atoms with E-state index in [1.807, 2.05) is 19.2 Å². The van der Waals surface area contributed by atoms with Gasteiger partial charge in [0, 0.05) is 27.8 Å². The van der Waals surface area contributed by atoms with Crippen molar-refractivity contribution < 1.29 is 9.90 Å². The number of thiophene rings is 1. The van der Waals surface area contributed by atoms with Gasteiger partial charge in [-0.1, -0.05) is 13.8 Å². The van der Waals surface area contributed by atoms with Crippen LogP contribution in [-0.2, 0) is 11.3 Å². The average molecular weight is 306 g/mol. The van der Waals surface area contributed by atoms with Crippen molar-refractivity contribution in [3.63, 3.8) is 0 Å². The number of carboxylic acid groups (broad SMARTS) is 1. The fourth-order valence-corrected chi connectivity index (χ4v) is 2.86. The summed E-state index contributed by atoms with van der Waals surface area (Å²) in [6, 6.07) is 2.07. The molecule has 2 N–H and O–H groups in total. The Kier molecular flexibility index (Phi) is 4.95. The molecule has 90 valence electrons. The highest BCUT2D eigenvalue weighted by molar-refractivity contribution is 9.10. The topological polar surface area (TPSA) is 49.3 Å². The van der Waals surface area contributed by atoms with Crippen LogP contribution in [0, 0.1) is 5.41 Å². The first-order chi connectivity index (χ1) is 7.39. The quantitative estimate of drug-likeness (QED) is 0.849. The second kappa shape index (κ2) is 5.80. The number of hydrogen-bond acceptors (Lipinski definition) is 3. The van der Waals surface area contributed by atoms with Gasteiger partial charge in [-0.15, -0.1) is 11.3 Å². The maximum atomic E-state index is 10.6. The van der Waals surface area contributed by atoms with Crippen LogP contribution in [0.5, 0.6) is 0 Å². The molecule has 0 aliphatic heterocycles. The molecule has 16 heavy (non-hydrogen) atoms. The van der Waals surface area contributed by atoms with E-state index >= 15 is 0 Å². The van der Waals surface area contributed by atoms with Crippen molar-refractivity contribution in [2.45, 2.75) is 26.8 Å². The number of hydrogen-bond donors (Lipinski definition) is 2. The summed E-state index contributed by atoms with van der Waals surface area (Å²) >= 11 is 5.09. The summed E-state index contributed by atoms with van der Waals surface area (Å²) in [7, 11) is 0. The monoisotopic (exact) mass is 305 g/mol. The van der Waals surface area contributed by atoms with Crippen molar-refractivity contribution in [3.8, 4) is 0 Å². The minimum Gasteiger partial charge on any atom is -0.481 e. The van der Waals surface area contributed by atoms with E-state index in [0.29, 0.717) is 6.54 Å². The third-order valence-corrected chi connectivity index (χ3v) is 3.85. The van der Waals surface area contributed by atoms with E-state index < -0.39 is 5.97 Å². The summed E-state index contributed by atoms with van der Waals surface area (Å²) < 4.78 is 1.10. The van der Waals surface area contributed by atoms with E-state index in [1.54, 1.807) is 11.3 Å². The SMILES string of the molecule is CC(C)(CNCc1cc(Br)cs1)CC(=O)O. The lowest BCUT2D eigenvalue weighted by Crippen LogP contribution is -2.30. The highest BCUT2D eigenvalue weighted by Gasteiger charge is 2.21. The molecule has 0 aromatic carbocycles. The molecule has 0 spiro atoms. The molecule has 0 fully saturated rings. The predicted octanol–water partition coefficient (Wildman–Crippen LogP) is 3.10. The first-order valence-corrected chi connectivity index (χ1v) is 6.72. The fourth-order valence-electron chi connectivity index (χ4n) is 1.44. The number of rotatable bonds is 6. The molecular weight excluding hydrogens is 290 g/mol. The molecule has 0 saturated heterocycles. The zero-order chi connectivity index (χ0) is 12.2. The summed E-state index contributed by atoms with van der Waals surface area (Å²) in [6.07, 6.45) is 0.189. The van der Waals surface area contributed by atoms with E-state index in [1.165, 1.54) is 4.88 Å². The zero-order valence-electron chi connectivity index (χ0n) is 9.42. The van der Waals surface area contributed by atoms with Gasteiger partial charge in [-0.05, 0) is 27.4 Å². The lowest BCUT2D eigenvalue weighted by molar-refractivity contribution is -0.139. The molecule has 0 amide bonds. The van der Waals surface area contributed by atoms with Crippen molar-refractivity contribution in [2.75, 3.05) is 6.54 Å². The van der Waals surface area contributed by atoms with Crippen LogP contribution in [0.2, 0.25) is 0 Å². The van der Waals surface area contributed by atoms with Crippen molar-refractivity contribution in [2.24, 2.45) is 5.41 Å². The molecule has 0 aliphatic carbocycles. The minimum absolute atomic E-state index is 0.189. The highest BCUT2D eigenvalue weighted by atomic mass is 79.9. The van der Waals surface area contributed by atoms with Crippen LogP contribution in [0.3, 0.4) is 0 Å². The molecule has 1 aromatic rings. The molecule has 0 radical (unpaired) electrons. The molecule has 1 rings (SSSR count). The summed E-state index contributed by atoms with van der Waals surface area (Å²) in [5.74, 6) is -0.745. The van der Waals surface area contributed by atoms with Crippen LogP contribution in [-0.4, -0.2) is 17.6 Å². The van der Waals surface area contributed by atoms with Gasteiger partial charge in [-0.25, -0.2) is 0 Å². The first kappa shape index (κ1) is 13.7. The van der Waals surface area contributed by atoms with Gasteiger partial charge in [0.2, 0.25) is 0 Å². The zero-order valence-corrected chi connectivity index (χ0v) is 11.8. The van der Waals surface area contributed by atoms with Crippen LogP contribution < -0.4 is 5.32 Å². The van der Waals surface area contributed by atoms with Gasteiger partial charge in [0.25, 0.3) is 0 Å². The average Bonchev–Trinajstić information content (AvgIpc) is 2.48. The van der Waals surface area contributed by atoms with Gasteiger partial charge in [-0.2, -0.15) is 0 Å². The molecule has 0 unspecified atom stereocenters. The molecule has 1 aromatic heterocycles. The van der Waals surface area contributed by atoms with E-state index in [2.05, 4.69) is 27.3 Å². The molecule has 1 heterocycles. The Hall–Kier alpha value is -0.390. The largest absolute Gasteiger partial charge is 0.481 e. The Morgan fingerprint density at radius 1 is 1.62 bits per heavy atom. The molecule has 0 aliphatic rings. The Bertz CT molecular complexity index is 363. The predicted molar refractivity (Wildman–Crippen MR) is 69.8 cm³/mol. The summed E-state index contributed by atoms with van der Waals surface area (Å²) in [4.78, 5) is 11.9. The number of aliphatic carboxylic acids is 1. The van der Waals surface area contributed by atoms with E-state index in [0.717, 1.165) is 11.0 Å². The maximum absolute atomic E-state index is 10.6. The number of carbonyl (C=O) groups is 1. The van der Waals surface area contributed by atoms with Gasteiger partial charge in [0.15, 0.2) is 0 Å². The number of carboxylic acids is 1. The van der Waals surface area contributed by atoms with E-state index in [4.69, 9.17) is 5.11 Å². The lowest BCUT2D eigenvalue weighted by atomic mass is 9.89. The van der Waals surface area contributed by atoms with Gasteiger partial charge in [0.05, 0.1) is 6.42 Å². The van der Waals surface area contributed by atoms with Crippen LogP contribution in [0.4, 0.5) is 0 Å². The van der Waals surface area contributed by atoms with E-state index in [9.17, 15) is 4.79 Å². The number of halogens is 1. The second-order valence-electron chi connectivity index (χ2n) is 4.57. The van der Waals surface area contributed by atoms with Crippen molar-refractivity contribution in [1.82, 2.24) is 5.32 Å². The summed E-state index contributed by atoms with van der Waals surface area (Å²) in [6.45, 7) is 5.41. The lowest BCUT2D eigenvalue weighted by Gasteiger charge is -2.22. The van der Waals surface area contributed by atoms with Crippen LogP contribution in [0.15, 0.2) is 15.9 Å². The molecule has 3 nitrogen and oxygen atoms in total. The first-order valence-electron chi connectivity index (χ1n) is 5.04. The fraction of sp³-hybridized carbons (Fsp3) is 0.545. The summed E-state index contributed by atoms with van der Waals surface area (Å²) in [5.41, 5.74) is -0.208. The Morgan fingerprint density at radius 3 is 2.81 bits per heavy atom. The van der Waals surface area contributed by atoms with Gasteiger partial charge >= 0.3 is 5.97 Å². The third-order valence-electron chi connectivity index (χ3n) is 2.15. The van der Waals surface area contributed by atoms with Crippen molar-refractivity contribution >= 4 is 33.2 Å². The second-order valence-corrected chi connectivity index (χ2v) is 6.48. The van der Waals surface area contributed by atoms with Crippen LogP contribution in [0.1, 0.15) is 25.1 Å². The minimum atomic E-state index is -0.745. The van der Waals surface area contributed by atoms with Crippen LogP contribution in [0.25, 0.3) is 0 Å². The molecular formula is C11H16BrNO2S. The van der Waals surface area contributed by atoms with Gasteiger partial charge in [0.1, 0.15) is 0 Å². The normalized spacial score (nSPS) is 11.7. The van der Waals surface area contributed by atoms with Crippen LogP contribution >= 0.6 is 27.3 Å². The highest BCUT2D eigenvalue weighted by Crippen LogP contribution is 2.21. The number of nitrogens with one attached hydrogen (secondary N) is 1. The van der Waals surface area contributed by atoms with E-state index in [-0.39, 0.29) is 11.8 Å². The smallest absolute Gasteiger partial charge is 0.303 e. The molecule has 5 heteroatoms. The van der Waals surface area contributed by atoms with Gasteiger partial charge < -0.3 is 10.4 Å². The third kappa shape index (κ3) is 5.09. The Labute approximate surface area is 108 Å². The standard InChI is InChI=1S/C11H16BrNO2S/c1-11(2,4-10(14)15)7-13-5-9-3-8(12)6-16-9/h3,6,13H,4-5,7H2,1-2H3,(H,14,15). The molecule has 0 atom stereocenters. The maximum Gasteiger partial charge on any atom is 0.303 e. The van der Waals surface area contributed by atoms with Crippen molar-refractivity contribution in [1.29, 1.82) is 0 Å². The summed E-state index contributed by atoms with van der Waals surface area (Å²) in [5, 5.41) is 14.1. The molecule has 0 bridgehead atoms. The van der Waals surface area contributed by atoms with Gasteiger partial charge in [-0.3, -0.25) is 4.79 Å². The molecule has 0 saturated carbocycles. The Morgan fingerprint density at radius 2 is 2.31 bits per heavy atom. The van der Waals surface area contributed by atoms with Crippen molar-refractivity contribution in [3.05, 3.63) is 20.8 Å².